The molecule has 0 saturated carbocycles. The van der Waals surface area contributed by atoms with Crippen LogP contribution in [-0.4, -0.2) is 42.0 Å². The van der Waals surface area contributed by atoms with Gasteiger partial charge in [-0.25, -0.2) is 4.79 Å². The van der Waals surface area contributed by atoms with Crippen LogP contribution in [0.4, 0.5) is 0 Å². The van der Waals surface area contributed by atoms with Gasteiger partial charge in [0.1, 0.15) is 0 Å². The van der Waals surface area contributed by atoms with Crippen LogP contribution in [0.1, 0.15) is 18.1 Å². The van der Waals surface area contributed by atoms with Gasteiger partial charge in [0.05, 0.1) is 24.0 Å². The summed E-state index contributed by atoms with van der Waals surface area (Å²) in [6.07, 6.45) is 0. The number of benzene rings is 1. The Hall–Kier alpha value is -2.04. The Bertz CT molecular complexity index is 568. The third kappa shape index (κ3) is 5.39. The maximum Gasteiger partial charge on any atom is 0.331 e. The number of amides is 1. The van der Waals surface area contributed by atoms with Crippen LogP contribution in [0.3, 0.4) is 0 Å². The number of ether oxygens (including phenoxy) is 1. The Morgan fingerprint density at radius 1 is 1.41 bits per heavy atom. The minimum Gasteiger partial charge on any atom is -0.479 e. The first kappa shape index (κ1) is 18.0. The summed E-state index contributed by atoms with van der Waals surface area (Å²) in [4.78, 5) is 23.0. The zero-order chi connectivity index (χ0) is 16.6. The molecule has 6 nitrogen and oxygen atoms in total. The van der Waals surface area contributed by atoms with Gasteiger partial charge >= 0.3 is 5.97 Å². The fourth-order valence-corrected chi connectivity index (χ4v) is 2.51. The quantitative estimate of drug-likeness (QED) is 0.750. The van der Waals surface area contributed by atoms with Gasteiger partial charge < -0.3 is 15.2 Å². The van der Waals surface area contributed by atoms with E-state index in [2.05, 4.69) is 5.32 Å². The first-order valence-electron chi connectivity index (χ1n) is 6.51. The number of hydrogen-bond acceptors (Lipinski definition) is 5. The zero-order valence-electron chi connectivity index (χ0n) is 12.5. The molecule has 1 rings (SSSR count). The van der Waals surface area contributed by atoms with Crippen molar-refractivity contribution in [2.45, 2.75) is 18.2 Å². The summed E-state index contributed by atoms with van der Waals surface area (Å²) in [6.45, 7) is 1.30. The summed E-state index contributed by atoms with van der Waals surface area (Å²) in [7, 11) is 1.38. The molecule has 0 saturated heterocycles. The lowest BCUT2D eigenvalue weighted by molar-refractivity contribution is -0.148. The number of rotatable bonds is 8. The van der Waals surface area contributed by atoms with Crippen molar-refractivity contribution in [3.05, 3.63) is 35.4 Å². The highest BCUT2D eigenvalue weighted by Crippen LogP contribution is 2.13. The highest BCUT2D eigenvalue weighted by atomic mass is 32.2. The van der Waals surface area contributed by atoms with Crippen molar-refractivity contribution in [1.82, 2.24) is 5.32 Å². The Balaban J connectivity index is 2.45. The van der Waals surface area contributed by atoms with Crippen molar-refractivity contribution >= 4 is 23.6 Å². The average Bonchev–Trinajstić information content (AvgIpc) is 2.48. The van der Waals surface area contributed by atoms with Crippen LogP contribution in [0, 0.1) is 11.3 Å². The molecule has 1 aromatic carbocycles. The van der Waals surface area contributed by atoms with Crippen LogP contribution in [0.25, 0.3) is 0 Å². The number of hydrogen-bond donors (Lipinski definition) is 2. The van der Waals surface area contributed by atoms with Gasteiger partial charge in [-0.05, 0) is 24.6 Å². The number of carbonyl (C=O) groups excluding carboxylic acids is 1. The largest absolute Gasteiger partial charge is 0.479 e. The highest BCUT2D eigenvalue weighted by Gasteiger charge is 2.34. The van der Waals surface area contributed by atoms with E-state index in [0.29, 0.717) is 11.3 Å². The fourth-order valence-electron chi connectivity index (χ4n) is 1.72. The molecular weight excluding hydrogens is 304 g/mol. The molecule has 1 atom stereocenters. The van der Waals surface area contributed by atoms with Crippen molar-refractivity contribution in [3.63, 3.8) is 0 Å². The van der Waals surface area contributed by atoms with E-state index in [0.717, 1.165) is 5.56 Å². The van der Waals surface area contributed by atoms with Gasteiger partial charge in [0.2, 0.25) is 5.91 Å². The highest BCUT2D eigenvalue weighted by molar-refractivity contribution is 7.99. The third-order valence-electron chi connectivity index (χ3n) is 2.91. The van der Waals surface area contributed by atoms with E-state index in [4.69, 9.17) is 15.1 Å². The molecule has 7 heteroatoms. The molecule has 0 heterocycles. The first-order chi connectivity index (χ1) is 10.4. The first-order valence-corrected chi connectivity index (χ1v) is 7.67. The van der Waals surface area contributed by atoms with Crippen LogP contribution in [0.2, 0.25) is 0 Å². The molecule has 0 radical (unpaired) electrons. The second-order valence-electron chi connectivity index (χ2n) is 4.92. The number of nitriles is 1. The van der Waals surface area contributed by atoms with E-state index in [-0.39, 0.29) is 18.3 Å². The summed E-state index contributed by atoms with van der Waals surface area (Å²) in [6, 6.07) is 9.13. The van der Waals surface area contributed by atoms with Crippen molar-refractivity contribution in [3.8, 4) is 6.07 Å². The Labute approximate surface area is 133 Å². The molecule has 0 aromatic heterocycles. The van der Waals surface area contributed by atoms with Gasteiger partial charge in [-0.15, -0.1) is 11.8 Å². The van der Waals surface area contributed by atoms with Gasteiger partial charge in [-0.3, -0.25) is 4.79 Å². The number of nitrogens with zero attached hydrogens (tertiary/aromatic N) is 1. The van der Waals surface area contributed by atoms with Gasteiger partial charge in [-0.2, -0.15) is 5.26 Å². The number of thioether (sulfide) groups is 1. The van der Waals surface area contributed by atoms with E-state index in [1.807, 2.05) is 18.2 Å². The lowest BCUT2D eigenvalue weighted by Crippen LogP contribution is -2.55. The fraction of sp³-hybridized carbons (Fsp3) is 0.400. The molecule has 2 N–H and O–H groups in total. The second kappa shape index (κ2) is 8.41. The van der Waals surface area contributed by atoms with Crippen LogP contribution in [0.5, 0.6) is 0 Å². The maximum absolute atomic E-state index is 11.8. The van der Waals surface area contributed by atoms with Gasteiger partial charge in [0.25, 0.3) is 0 Å². The summed E-state index contributed by atoms with van der Waals surface area (Å²) < 4.78 is 4.84. The summed E-state index contributed by atoms with van der Waals surface area (Å²) >= 11 is 1.37. The molecule has 1 amide bonds. The Kier molecular flexibility index (Phi) is 6.89. The van der Waals surface area contributed by atoms with Crippen molar-refractivity contribution in [2.24, 2.45) is 0 Å². The number of methoxy groups -OCH3 is 1. The van der Waals surface area contributed by atoms with Crippen molar-refractivity contribution in [2.75, 3.05) is 19.5 Å². The SMILES string of the molecule is COCC(C)(NC(=O)CSCc1ccc(C#N)cc1)C(=O)O. The third-order valence-corrected chi connectivity index (χ3v) is 3.91. The standard InChI is InChI=1S/C15H18N2O4S/c1-15(10-21-2,14(19)20)17-13(18)9-22-8-12-5-3-11(7-16)4-6-12/h3-6H,8-10H2,1-2H3,(H,17,18)(H,19,20). The normalized spacial score (nSPS) is 13.0. The number of carboxylic acids is 1. The topological polar surface area (TPSA) is 99.4 Å². The number of carboxylic acid groups (broad SMARTS) is 1. The van der Waals surface area contributed by atoms with E-state index in [1.165, 1.54) is 25.8 Å². The van der Waals surface area contributed by atoms with E-state index >= 15 is 0 Å². The lowest BCUT2D eigenvalue weighted by Gasteiger charge is -2.25. The van der Waals surface area contributed by atoms with Crippen LogP contribution in [0.15, 0.2) is 24.3 Å². The molecule has 22 heavy (non-hydrogen) atoms. The summed E-state index contributed by atoms with van der Waals surface area (Å²) in [5, 5.41) is 20.3. The van der Waals surface area contributed by atoms with Crippen molar-refractivity contribution < 1.29 is 19.4 Å². The monoisotopic (exact) mass is 322 g/mol. The molecule has 118 valence electrons. The second-order valence-corrected chi connectivity index (χ2v) is 5.91. The predicted octanol–water partition coefficient (Wildman–Crippen LogP) is 1.40. The number of nitrogens with one attached hydrogen (secondary N) is 1. The molecule has 0 fully saturated rings. The van der Waals surface area contributed by atoms with Crippen LogP contribution >= 0.6 is 11.8 Å². The minimum atomic E-state index is -1.43. The van der Waals surface area contributed by atoms with E-state index in [9.17, 15) is 9.59 Å². The molecule has 0 aliphatic carbocycles. The molecular formula is C15H18N2O4S. The Morgan fingerprint density at radius 3 is 2.55 bits per heavy atom. The maximum atomic E-state index is 11.8. The van der Waals surface area contributed by atoms with Crippen LogP contribution in [-0.2, 0) is 20.1 Å². The molecule has 1 aromatic rings. The molecule has 1 unspecified atom stereocenters. The molecule has 0 aliphatic heterocycles. The van der Waals surface area contributed by atoms with E-state index in [1.54, 1.807) is 12.1 Å². The molecule has 0 spiro atoms. The average molecular weight is 322 g/mol. The zero-order valence-corrected chi connectivity index (χ0v) is 13.3. The number of aliphatic carboxylic acids is 1. The summed E-state index contributed by atoms with van der Waals surface area (Å²) in [5.74, 6) is -0.750. The van der Waals surface area contributed by atoms with Gasteiger partial charge in [0.15, 0.2) is 5.54 Å². The van der Waals surface area contributed by atoms with Gasteiger partial charge in [-0.1, -0.05) is 12.1 Å². The molecule has 0 aliphatic rings. The smallest absolute Gasteiger partial charge is 0.331 e. The number of carbonyl (C=O) groups is 2. The van der Waals surface area contributed by atoms with Crippen molar-refractivity contribution in [1.29, 1.82) is 5.26 Å². The van der Waals surface area contributed by atoms with E-state index < -0.39 is 11.5 Å². The van der Waals surface area contributed by atoms with Crippen LogP contribution < -0.4 is 5.32 Å². The molecule has 0 bridgehead atoms. The summed E-state index contributed by atoms with van der Waals surface area (Å²) in [5.41, 5.74) is 0.152. The lowest BCUT2D eigenvalue weighted by atomic mass is 10.0. The van der Waals surface area contributed by atoms with Gasteiger partial charge in [0, 0.05) is 12.9 Å². The predicted molar refractivity (Wildman–Crippen MR) is 83.4 cm³/mol. The minimum absolute atomic E-state index is 0.103. The Morgan fingerprint density at radius 2 is 2.05 bits per heavy atom.